The Labute approximate surface area is 110 Å². The van der Waals surface area contributed by atoms with E-state index >= 15 is 0 Å². The number of hydrogen-bond donors (Lipinski definition) is 1. The first-order valence-electron chi connectivity index (χ1n) is 6.04. The van der Waals surface area contributed by atoms with E-state index in [1.54, 1.807) is 17.8 Å². The topological polar surface area (TPSA) is 42.7 Å². The molecular weight excluding hydrogens is 250 g/mol. The maximum absolute atomic E-state index is 13.7. The molecule has 1 aromatic heterocycles. The first-order valence-corrected chi connectivity index (χ1v) is 6.04. The summed E-state index contributed by atoms with van der Waals surface area (Å²) in [6, 6.07) is 3.00. The van der Waals surface area contributed by atoms with Gasteiger partial charge in [0.1, 0.15) is 23.8 Å². The van der Waals surface area contributed by atoms with Crippen molar-refractivity contribution in [1.82, 2.24) is 20.1 Å². The van der Waals surface area contributed by atoms with Gasteiger partial charge in [-0.2, -0.15) is 0 Å². The Bertz CT molecular complexity index is 568. The summed E-state index contributed by atoms with van der Waals surface area (Å²) in [7, 11) is 1.83. The number of benzene rings is 1. The van der Waals surface area contributed by atoms with Crippen LogP contribution in [0.15, 0.2) is 24.5 Å². The van der Waals surface area contributed by atoms with Gasteiger partial charge >= 0.3 is 0 Å². The molecule has 2 rings (SSSR count). The molecule has 0 radical (unpaired) electrons. The van der Waals surface area contributed by atoms with Crippen LogP contribution in [-0.4, -0.2) is 14.8 Å². The van der Waals surface area contributed by atoms with Gasteiger partial charge in [0, 0.05) is 18.7 Å². The van der Waals surface area contributed by atoms with E-state index in [1.165, 1.54) is 6.07 Å². The van der Waals surface area contributed by atoms with Crippen LogP contribution in [0, 0.1) is 11.6 Å². The third-order valence-corrected chi connectivity index (χ3v) is 3.06. The lowest BCUT2D eigenvalue weighted by molar-refractivity contribution is 0.448. The molecule has 2 atom stereocenters. The van der Waals surface area contributed by atoms with E-state index < -0.39 is 11.6 Å². The van der Waals surface area contributed by atoms with Crippen LogP contribution in [0.4, 0.5) is 8.78 Å². The lowest BCUT2D eigenvalue weighted by Crippen LogP contribution is -2.25. The first kappa shape index (κ1) is 13.6. The summed E-state index contributed by atoms with van der Waals surface area (Å²) in [6.07, 6.45) is 1.60. The summed E-state index contributed by atoms with van der Waals surface area (Å²) in [5.41, 5.74) is 0.300. The maximum Gasteiger partial charge on any atom is 0.149 e. The monoisotopic (exact) mass is 266 g/mol. The predicted molar refractivity (Wildman–Crippen MR) is 67.3 cm³/mol. The van der Waals surface area contributed by atoms with E-state index in [0.29, 0.717) is 5.56 Å². The normalized spacial score (nSPS) is 14.4. The number of aryl methyl sites for hydroxylation is 1. The fraction of sp³-hybridized carbons (Fsp3) is 0.385. The second-order valence-electron chi connectivity index (χ2n) is 4.58. The van der Waals surface area contributed by atoms with Crippen LogP contribution in [0.5, 0.6) is 0 Å². The zero-order valence-corrected chi connectivity index (χ0v) is 11.1. The van der Waals surface area contributed by atoms with Crippen LogP contribution in [0.3, 0.4) is 0 Å². The molecule has 0 fully saturated rings. The minimum atomic E-state index is -0.448. The summed E-state index contributed by atoms with van der Waals surface area (Å²) in [4.78, 5) is 0. The molecule has 0 amide bonds. The molecule has 1 heterocycles. The van der Waals surface area contributed by atoms with Crippen LogP contribution >= 0.6 is 0 Å². The largest absolute Gasteiger partial charge is 0.319 e. The third kappa shape index (κ3) is 2.96. The maximum atomic E-state index is 13.7. The van der Waals surface area contributed by atoms with Crippen molar-refractivity contribution >= 4 is 0 Å². The Hall–Kier alpha value is -1.82. The molecule has 2 aromatic rings. The molecule has 19 heavy (non-hydrogen) atoms. The van der Waals surface area contributed by atoms with Gasteiger partial charge in [-0.25, -0.2) is 8.78 Å². The third-order valence-electron chi connectivity index (χ3n) is 3.06. The van der Waals surface area contributed by atoms with Gasteiger partial charge in [-0.15, -0.1) is 10.2 Å². The van der Waals surface area contributed by atoms with Gasteiger partial charge in [-0.3, -0.25) is 0 Å². The summed E-state index contributed by atoms with van der Waals surface area (Å²) < 4.78 is 28.6. The SMILES string of the molecule is CC(NC(C)c1nncn1C)c1cc(F)ccc1F. The molecular formula is C13H16F2N4. The van der Waals surface area contributed by atoms with Crippen LogP contribution in [-0.2, 0) is 7.05 Å². The summed E-state index contributed by atoms with van der Waals surface area (Å²) >= 11 is 0. The smallest absolute Gasteiger partial charge is 0.149 e. The lowest BCUT2D eigenvalue weighted by atomic mass is 10.1. The van der Waals surface area contributed by atoms with Crippen molar-refractivity contribution in [1.29, 1.82) is 0 Å². The number of aromatic nitrogens is 3. The second-order valence-corrected chi connectivity index (χ2v) is 4.58. The zero-order chi connectivity index (χ0) is 14.0. The fourth-order valence-electron chi connectivity index (χ4n) is 2.07. The van der Waals surface area contributed by atoms with Crippen molar-refractivity contribution in [2.75, 3.05) is 0 Å². The number of nitrogens with zero attached hydrogens (tertiary/aromatic N) is 3. The first-order chi connectivity index (χ1) is 8.99. The highest BCUT2D eigenvalue weighted by molar-refractivity contribution is 5.22. The van der Waals surface area contributed by atoms with E-state index in [-0.39, 0.29) is 12.1 Å². The molecule has 1 aromatic carbocycles. The van der Waals surface area contributed by atoms with Gasteiger partial charge in [0.15, 0.2) is 0 Å². The molecule has 6 heteroatoms. The Morgan fingerprint density at radius 2 is 1.95 bits per heavy atom. The average Bonchev–Trinajstić information content (AvgIpc) is 2.78. The molecule has 102 valence electrons. The van der Waals surface area contributed by atoms with E-state index in [4.69, 9.17) is 0 Å². The van der Waals surface area contributed by atoms with Crippen molar-refractivity contribution < 1.29 is 8.78 Å². The number of rotatable bonds is 4. The fourth-order valence-corrected chi connectivity index (χ4v) is 2.07. The second kappa shape index (κ2) is 5.44. The van der Waals surface area contributed by atoms with Crippen molar-refractivity contribution in [2.24, 2.45) is 7.05 Å². The standard InChI is InChI=1S/C13H16F2N4/c1-8(11-6-10(14)4-5-12(11)15)17-9(2)13-18-16-7-19(13)3/h4-9,17H,1-3H3. The molecule has 1 N–H and O–H groups in total. The highest BCUT2D eigenvalue weighted by atomic mass is 19.1. The Morgan fingerprint density at radius 1 is 1.21 bits per heavy atom. The number of nitrogens with one attached hydrogen (secondary N) is 1. The lowest BCUT2D eigenvalue weighted by Gasteiger charge is -2.20. The van der Waals surface area contributed by atoms with Crippen molar-refractivity contribution in [3.05, 3.63) is 47.5 Å². The Kier molecular flexibility index (Phi) is 3.90. The van der Waals surface area contributed by atoms with E-state index in [1.807, 2.05) is 14.0 Å². The predicted octanol–water partition coefficient (Wildman–Crippen LogP) is 2.51. The number of hydrogen-bond acceptors (Lipinski definition) is 3. The molecule has 0 aliphatic rings. The minimum Gasteiger partial charge on any atom is -0.319 e. The molecule has 2 unspecified atom stereocenters. The summed E-state index contributed by atoms with van der Waals surface area (Å²) in [5.74, 6) is -0.133. The minimum absolute atomic E-state index is 0.120. The van der Waals surface area contributed by atoms with Crippen LogP contribution in [0.2, 0.25) is 0 Å². The molecule has 0 saturated heterocycles. The highest BCUT2D eigenvalue weighted by Crippen LogP contribution is 2.21. The van der Waals surface area contributed by atoms with Crippen molar-refractivity contribution in [3.63, 3.8) is 0 Å². The van der Waals surface area contributed by atoms with Gasteiger partial charge in [0.25, 0.3) is 0 Å². The summed E-state index contributed by atoms with van der Waals surface area (Å²) in [5, 5.41) is 11.0. The van der Waals surface area contributed by atoms with Gasteiger partial charge in [-0.05, 0) is 32.0 Å². The average molecular weight is 266 g/mol. The molecule has 0 spiro atoms. The van der Waals surface area contributed by atoms with Gasteiger partial charge in [-0.1, -0.05) is 0 Å². The summed E-state index contributed by atoms with van der Waals surface area (Å²) in [6.45, 7) is 3.68. The van der Waals surface area contributed by atoms with Gasteiger partial charge in [0.05, 0.1) is 6.04 Å². The van der Waals surface area contributed by atoms with Crippen LogP contribution < -0.4 is 5.32 Å². The van der Waals surface area contributed by atoms with Crippen LogP contribution in [0.1, 0.15) is 37.3 Å². The van der Waals surface area contributed by atoms with E-state index in [0.717, 1.165) is 18.0 Å². The molecule has 0 bridgehead atoms. The van der Waals surface area contributed by atoms with Gasteiger partial charge < -0.3 is 9.88 Å². The van der Waals surface area contributed by atoms with Gasteiger partial charge in [0.2, 0.25) is 0 Å². The Morgan fingerprint density at radius 3 is 2.58 bits per heavy atom. The molecule has 4 nitrogen and oxygen atoms in total. The van der Waals surface area contributed by atoms with Crippen molar-refractivity contribution in [3.8, 4) is 0 Å². The van der Waals surface area contributed by atoms with Crippen LogP contribution in [0.25, 0.3) is 0 Å². The molecule has 0 aliphatic heterocycles. The Balaban J connectivity index is 2.15. The zero-order valence-electron chi connectivity index (χ0n) is 11.1. The molecule has 0 saturated carbocycles. The quantitative estimate of drug-likeness (QED) is 0.924. The molecule has 0 aliphatic carbocycles. The van der Waals surface area contributed by atoms with Crippen molar-refractivity contribution in [2.45, 2.75) is 25.9 Å². The van der Waals surface area contributed by atoms with E-state index in [9.17, 15) is 8.78 Å². The number of halogens is 2. The van der Waals surface area contributed by atoms with E-state index in [2.05, 4.69) is 15.5 Å². The highest BCUT2D eigenvalue weighted by Gasteiger charge is 2.17.